The topological polar surface area (TPSA) is 55.4 Å². The molecule has 0 saturated heterocycles. The Kier molecular flexibility index (Phi) is 5.04. The summed E-state index contributed by atoms with van der Waals surface area (Å²) < 4.78 is 31.9. The molecule has 0 aliphatic heterocycles. The quantitative estimate of drug-likeness (QED) is 0.868. The molecule has 0 unspecified atom stereocenters. The molecule has 0 fully saturated rings. The van der Waals surface area contributed by atoms with Crippen LogP contribution in [0.15, 0.2) is 24.3 Å². The SMILES string of the molecule is CCOC(=O)C(F)(F)c1ccc(NC(=O)C(C)(C)C)cc1. The van der Waals surface area contributed by atoms with Crippen LogP contribution in [0.1, 0.15) is 33.3 Å². The van der Waals surface area contributed by atoms with Gasteiger partial charge in [0, 0.05) is 16.7 Å². The molecule has 21 heavy (non-hydrogen) atoms. The molecular formula is C15H19F2NO3. The van der Waals surface area contributed by atoms with Crippen molar-refractivity contribution in [1.82, 2.24) is 0 Å². The minimum atomic E-state index is -3.71. The van der Waals surface area contributed by atoms with Crippen LogP contribution in [0.3, 0.4) is 0 Å². The lowest BCUT2D eigenvalue weighted by Gasteiger charge is -2.18. The van der Waals surface area contributed by atoms with Gasteiger partial charge >= 0.3 is 11.9 Å². The van der Waals surface area contributed by atoms with E-state index in [1.807, 2.05) is 0 Å². The molecule has 1 aromatic carbocycles. The van der Waals surface area contributed by atoms with Crippen molar-refractivity contribution in [1.29, 1.82) is 0 Å². The number of halogens is 2. The maximum Gasteiger partial charge on any atom is 0.381 e. The Hall–Kier alpha value is -1.98. The highest BCUT2D eigenvalue weighted by molar-refractivity contribution is 5.94. The number of anilines is 1. The number of hydrogen-bond acceptors (Lipinski definition) is 3. The summed E-state index contributed by atoms with van der Waals surface area (Å²) in [6.07, 6.45) is 0. The maximum atomic E-state index is 13.8. The highest BCUT2D eigenvalue weighted by atomic mass is 19.3. The summed E-state index contributed by atoms with van der Waals surface area (Å²) in [5.41, 5.74) is -0.680. The van der Waals surface area contributed by atoms with Crippen molar-refractivity contribution in [3.05, 3.63) is 29.8 Å². The summed E-state index contributed by atoms with van der Waals surface area (Å²) in [5, 5.41) is 2.61. The predicted octanol–water partition coefficient (Wildman–Crippen LogP) is 3.33. The maximum absolute atomic E-state index is 13.8. The van der Waals surface area contributed by atoms with Crippen LogP contribution in [0.5, 0.6) is 0 Å². The van der Waals surface area contributed by atoms with Crippen molar-refractivity contribution in [3.63, 3.8) is 0 Å². The highest BCUT2D eigenvalue weighted by Gasteiger charge is 2.42. The molecule has 0 aromatic heterocycles. The summed E-state index contributed by atoms with van der Waals surface area (Å²) in [4.78, 5) is 23.0. The number of amides is 1. The number of rotatable bonds is 4. The van der Waals surface area contributed by atoms with E-state index in [0.717, 1.165) is 12.1 Å². The fourth-order valence-corrected chi connectivity index (χ4v) is 1.42. The van der Waals surface area contributed by atoms with E-state index in [0.29, 0.717) is 5.69 Å². The molecule has 4 nitrogen and oxygen atoms in total. The summed E-state index contributed by atoms with van der Waals surface area (Å²) in [7, 11) is 0. The number of carbonyl (C=O) groups is 2. The van der Waals surface area contributed by atoms with Crippen LogP contribution in [0.2, 0.25) is 0 Å². The van der Waals surface area contributed by atoms with E-state index in [9.17, 15) is 18.4 Å². The largest absolute Gasteiger partial charge is 0.461 e. The number of benzene rings is 1. The Balaban J connectivity index is 2.88. The fourth-order valence-electron chi connectivity index (χ4n) is 1.42. The molecule has 6 heteroatoms. The molecule has 1 aromatic rings. The molecule has 0 radical (unpaired) electrons. The van der Waals surface area contributed by atoms with Crippen LogP contribution in [-0.4, -0.2) is 18.5 Å². The standard InChI is InChI=1S/C15H19F2NO3/c1-5-21-13(20)15(16,17)10-6-8-11(9-7-10)18-12(19)14(2,3)4/h6-9H,5H2,1-4H3,(H,18,19). The van der Waals surface area contributed by atoms with Crippen LogP contribution in [0, 0.1) is 5.41 Å². The summed E-state index contributed by atoms with van der Waals surface area (Å²) in [6, 6.07) is 4.84. The Bertz CT molecular complexity index is 519. The van der Waals surface area contributed by atoms with Gasteiger partial charge in [0.25, 0.3) is 0 Å². The third-order valence-corrected chi connectivity index (χ3v) is 2.72. The van der Waals surface area contributed by atoms with Gasteiger partial charge in [-0.05, 0) is 19.1 Å². The Morgan fingerprint density at radius 2 is 1.67 bits per heavy atom. The van der Waals surface area contributed by atoms with E-state index in [1.54, 1.807) is 20.8 Å². The summed E-state index contributed by atoms with van der Waals surface area (Å²) in [6.45, 7) is 6.57. The lowest BCUT2D eigenvalue weighted by Crippen LogP contribution is -2.29. The first-order chi connectivity index (χ1) is 9.59. The van der Waals surface area contributed by atoms with E-state index >= 15 is 0 Å². The van der Waals surface area contributed by atoms with E-state index in [2.05, 4.69) is 10.1 Å². The van der Waals surface area contributed by atoms with Gasteiger partial charge in [0.15, 0.2) is 0 Å². The van der Waals surface area contributed by atoms with Gasteiger partial charge in [0.05, 0.1) is 6.61 Å². The van der Waals surface area contributed by atoms with Gasteiger partial charge in [-0.15, -0.1) is 0 Å². The predicted molar refractivity (Wildman–Crippen MR) is 75.1 cm³/mol. The molecule has 0 bridgehead atoms. The van der Waals surface area contributed by atoms with Crippen molar-refractivity contribution >= 4 is 17.6 Å². The van der Waals surface area contributed by atoms with Gasteiger partial charge in [-0.25, -0.2) is 4.79 Å². The Morgan fingerprint density at radius 1 is 1.14 bits per heavy atom. The second-order valence-corrected chi connectivity index (χ2v) is 5.58. The number of nitrogens with one attached hydrogen (secondary N) is 1. The van der Waals surface area contributed by atoms with Gasteiger partial charge in [-0.3, -0.25) is 4.79 Å². The van der Waals surface area contributed by atoms with E-state index in [4.69, 9.17) is 0 Å². The van der Waals surface area contributed by atoms with Crippen molar-refractivity contribution in [3.8, 4) is 0 Å². The zero-order chi connectivity index (χ0) is 16.3. The molecule has 0 atom stereocenters. The minimum absolute atomic E-state index is 0.117. The first-order valence-corrected chi connectivity index (χ1v) is 6.56. The van der Waals surface area contributed by atoms with Crippen LogP contribution >= 0.6 is 0 Å². The van der Waals surface area contributed by atoms with Gasteiger partial charge in [-0.2, -0.15) is 8.78 Å². The number of hydrogen-bond donors (Lipinski definition) is 1. The average molecular weight is 299 g/mol. The summed E-state index contributed by atoms with van der Waals surface area (Å²) >= 11 is 0. The second-order valence-electron chi connectivity index (χ2n) is 5.58. The normalized spacial score (nSPS) is 11.9. The zero-order valence-corrected chi connectivity index (χ0v) is 12.5. The fraction of sp³-hybridized carbons (Fsp3) is 0.467. The van der Waals surface area contributed by atoms with Gasteiger partial charge < -0.3 is 10.1 Å². The average Bonchev–Trinajstić information content (AvgIpc) is 2.38. The van der Waals surface area contributed by atoms with Crippen molar-refractivity contribution in [2.75, 3.05) is 11.9 Å². The molecule has 0 aliphatic carbocycles. The molecule has 1 N–H and O–H groups in total. The van der Waals surface area contributed by atoms with E-state index in [1.165, 1.54) is 19.1 Å². The Morgan fingerprint density at radius 3 is 2.10 bits per heavy atom. The monoisotopic (exact) mass is 299 g/mol. The molecule has 0 saturated carbocycles. The van der Waals surface area contributed by atoms with Gasteiger partial charge in [0.1, 0.15) is 0 Å². The van der Waals surface area contributed by atoms with Crippen LogP contribution < -0.4 is 5.32 Å². The number of carbonyl (C=O) groups excluding carboxylic acids is 2. The third-order valence-electron chi connectivity index (χ3n) is 2.72. The lowest BCUT2D eigenvalue weighted by molar-refractivity contribution is -0.173. The van der Waals surface area contributed by atoms with Crippen LogP contribution in [0.4, 0.5) is 14.5 Å². The molecule has 0 spiro atoms. The lowest BCUT2D eigenvalue weighted by atomic mass is 9.95. The Labute approximate surface area is 122 Å². The minimum Gasteiger partial charge on any atom is -0.461 e. The molecule has 1 amide bonds. The van der Waals surface area contributed by atoms with Crippen molar-refractivity contribution in [2.24, 2.45) is 5.41 Å². The number of esters is 1. The molecule has 0 heterocycles. The van der Waals surface area contributed by atoms with Gasteiger partial charge in [-0.1, -0.05) is 32.9 Å². The number of alkyl halides is 2. The number of ether oxygens (including phenoxy) is 1. The first-order valence-electron chi connectivity index (χ1n) is 6.56. The third kappa shape index (κ3) is 4.24. The van der Waals surface area contributed by atoms with Crippen molar-refractivity contribution in [2.45, 2.75) is 33.6 Å². The van der Waals surface area contributed by atoms with Crippen LogP contribution in [-0.2, 0) is 20.2 Å². The van der Waals surface area contributed by atoms with Crippen molar-refractivity contribution < 1.29 is 23.1 Å². The van der Waals surface area contributed by atoms with E-state index < -0.39 is 22.9 Å². The molecule has 1 rings (SSSR count). The second kappa shape index (κ2) is 6.20. The molecule has 0 aliphatic rings. The van der Waals surface area contributed by atoms with Crippen LogP contribution in [0.25, 0.3) is 0 Å². The molecule has 116 valence electrons. The highest BCUT2D eigenvalue weighted by Crippen LogP contribution is 2.30. The first kappa shape index (κ1) is 17.1. The van der Waals surface area contributed by atoms with E-state index in [-0.39, 0.29) is 12.5 Å². The summed E-state index contributed by atoms with van der Waals surface area (Å²) in [5.74, 6) is -5.52. The molecular weight excluding hydrogens is 280 g/mol. The smallest absolute Gasteiger partial charge is 0.381 e. The van der Waals surface area contributed by atoms with Gasteiger partial charge in [0.2, 0.25) is 5.91 Å². The zero-order valence-electron chi connectivity index (χ0n) is 12.5.